The molecule has 5 heteroatoms. The third-order valence-corrected chi connectivity index (χ3v) is 7.15. The Kier molecular flexibility index (Phi) is 10.0. The summed E-state index contributed by atoms with van der Waals surface area (Å²) in [7, 11) is 0. The highest BCUT2D eigenvalue weighted by atomic mass is 19.2. The molecule has 1 aromatic carbocycles. The van der Waals surface area contributed by atoms with Crippen molar-refractivity contribution in [3.8, 4) is 0 Å². The van der Waals surface area contributed by atoms with Crippen molar-refractivity contribution in [3.63, 3.8) is 0 Å². The van der Waals surface area contributed by atoms with Crippen LogP contribution < -0.4 is 4.90 Å². The largest absolute Gasteiger partial charge is 0.371 e. The number of likely N-dealkylation sites (tertiary alicyclic amines) is 1. The van der Waals surface area contributed by atoms with Crippen LogP contribution in [0.2, 0.25) is 0 Å². The van der Waals surface area contributed by atoms with Gasteiger partial charge in [-0.3, -0.25) is 4.39 Å². The number of nitrogens with zero attached hydrogens (tertiary/aromatic N) is 2. The van der Waals surface area contributed by atoms with E-state index >= 15 is 0 Å². The fourth-order valence-electron chi connectivity index (χ4n) is 5.17. The van der Waals surface area contributed by atoms with Crippen LogP contribution in [0.5, 0.6) is 0 Å². The van der Waals surface area contributed by atoms with Crippen LogP contribution in [0.1, 0.15) is 69.4 Å². The number of anilines is 1. The third-order valence-electron chi connectivity index (χ3n) is 7.15. The van der Waals surface area contributed by atoms with Crippen LogP contribution in [0.25, 0.3) is 0 Å². The standard InChI is InChI=1S/C26H41F3N2/c1-2-3-6-21-11-17-30(18-12-21)14-5-16-31-15-4-7-23-9-8-22(20-26(23)31)19-25(29)24(28)10-13-27/h8-9,20-21,24-25H,2-7,10-19H2,1H3. The van der Waals surface area contributed by atoms with Gasteiger partial charge >= 0.3 is 0 Å². The second-order valence-electron chi connectivity index (χ2n) is 9.55. The van der Waals surface area contributed by atoms with Gasteiger partial charge < -0.3 is 9.80 Å². The van der Waals surface area contributed by atoms with E-state index in [2.05, 4.69) is 22.8 Å². The fraction of sp³-hybridized carbons (Fsp3) is 0.769. The number of unbranched alkanes of at least 4 members (excludes halogenated alkanes) is 1. The van der Waals surface area contributed by atoms with E-state index in [9.17, 15) is 13.2 Å². The molecule has 1 fully saturated rings. The molecule has 176 valence electrons. The number of aryl methyl sites for hydroxylation is 1. The van der Waals surface area contributed by atoms with Crippen LogP contribution in [0.4, 0.5) is 18.9 Å². The van der Waals surface area contributed by atoms with E-state index in [1.807, 2.05) is 12.1 Å². The molecule has 0 radical (unpaired) electrons. The smallest absolute Gasteiger partial charge is 0.135 e. The number of hydrogen-bond acceptors (Lipinski definition) is 2. The highest BCUT2D eigenvalue weighted by molar-refractivity contribution is 5.57. The monoisotopic (exact) mass is 438 g/mol. The Labute approximate surface area is 187 Å². The molecule has 1 aromatic rings. The summed E-state index contributed by atoms with van der Waals surface area (Å²) in [4.78, 5) is 5.04. The first-order valence-corrected chi connectivity index (χ1v) is 12.5. The molecule has 2 aliphatic rings. The third kappa shape index (κ3) is 7.40. The van der Waals surface area contributed by atoms with E-state index < -0.39 is 19.0 Å². The summed E-state index contributed by atoms with van der Waals surface area (Å²) < 4.78 is 40.2. The fourth-order valence-corrected chi connectivity index (χ4v) is 5.17. The van der Waals surface area contributed by atoms with Gasteiger partial charge in [0, 0.05) is 31.6 Å². The minimum Gasteiger partial charge on any atom is -0.371 e. The molecule has 1 saturated heterocycles. The second-order valence-corrected chi connectivity index (χ2v) is 9.55. The van der Waals surface area contributed by atoms with Gasteiger partial charge in [-0.25, -0.2) is 8.78 Å². The van der Waals surface area contributed by atoms with E-state index in [-0.39, 0.29) is 12.8 Å². The molecule has 0 amide bonds. The zero-order valence-electron chi connectivity index (χ0n) is 19.3. The Morgan fingerprint density at radius 1 is 1.03 bits per heavy atom. The van der Waals surface area contributed by atoms with Crippen molar-refractivity contribution in [3.05, 3.63) is 29.3 Å². The number of alkyl halides is 3. The Balaban J connectivity index is 1.48. The maximum absolute atomic E-state index is 14.1. The molecule has 31 heavy (non-hydrogen) atoms. The summed E-state index contributed by atoms with van der Waals surface area (Å²) in [6.07, 6.45) is 6.40. The van der Waals surface area contributed by atoms with E-state index in [0.717, 1.165) is 50.4 Å². The Morgan fingerprint density at radius 3 is 2.58 bits per heavy atom. The molecule has 0 bridgehead atoms. The number of halogens is 3. The Bertz CT molecular complexity index is 646. The zero-order chi connectivity index (χ0) is 22.1. The molecule has 0 aliphatic carbocycles. The van der Waals surface area contributed by atoms with Gasteiger partial charge in [0.1, 0.15) is 12.3 Å². The van der Waals surface area contributed by atoms with Crippen molar-refractivity contribution in [2.45, 2.75) is 83.5 Å². The lowest BCUT2D eigenvalue weighted by Gasteiger charge is -2.34. The van der Waals surface area contributed by atoms with Crippen molar-refractivity contribution in [1.29, 1.82) is 0 Å². The molecule has 2 heterocycles. The average molecular weight is 439 g/mol. The van der Waals surface area contributed by atoms with Crippen LogP contribution in [0, 0.1) is 5.92 Å². The van der Waals surface area contributed by atoms with Crippen molar-refractivity contribution < 1.29 is 13.2 Å². The molecule has 0 aromatic heterocycles. The molecule has 0 saturated carbocycles. The van der Waals surface area contributed by atoms with Crippen molar-refractivity contribution in [2.75, 3.05) is 44.3 Å². The van der Waals surface area contributed by atoms with E-state index in [1.54, 1.807) is 0 Å². The lowest BCUT2D eigenvalue weighted by Crippen LogP contribution is -2.37. The molecule has 2 unspecified atom stereocenters. The Morgan fingerprint density at radius 2 is 1.84 bits per heavy atom. The highest BCUT2D eigenvalue weighted by Gasteiger charge is 2.23. The summed E-state index contributed by atoms with van der Waals surface area (Å²) in [5.41, 5.74) is 3.31. The van der Waals surface area contributed by atoms with E-state index in [1.165, 1.54) is 56.4 Å². The minimum absolute atomic E-state index is 0.0231. The molecule has 3 rings (SSSR count). The van der Waals surface area contributed by atoms with E-state index in [4.69, 9.17) is 0 Å². The number of hydrogen-bond donors (Lipinski definition) is 0. The molecule has 0 spiro atoms. The van der Waals surface area contributed by atoms with Gasteiger partial charge in [-0.2, -0.15) is 0 Å². The predicted molar refractivity (Wildman–Crippen MR) is 124 cm³/mol. The average Bonchev–Trinajstić information content (AvgIpc) is 2.79. The highest BCUT2D eigenvalue weighted by Crippen LogP contribution is 2.30. The molecule has 2 nitrogen and oxygen atoms in total. The number of piperidine rings is 1. The molecule has 2 aliphatic heterocycles. The first-order valence-electron chi connectivity index (χ1n) is 12.5. The second kappa shape index (κ2) is 12.7. The van der Waals surface area contributed by atoms with Gasteiger partial charge in [0.15, 0.2) is 0 Å². The molecule has 2 atom stereocenters. The number of rotatable bonds is 12. The Hall–Kier alpha value is -1.23. The lowest BCUT2D eigenvalue weighted by molar-refractivity contribution is 0.148. The number of benzene rings is 1. The first-order chi connectivity index (χ1) is 15.1. The van der Waals surface area contributed by atoms with Crippen molar-refractivity contribution >= 4 is 5.69 Å². The molecular weight excluding hydrogens is 397 g/mol. The van der Waals surface area contributed by atoms with Crippen LogP contribution in [0.15, 0.2) is 18.2 Å². The summed E-state index contributed by atoms with van der Waals surface area (Å²) in [6, 6.07) is 6.04. The van der Waals surface area contributed by atoms with E-state index in [0.29, 0.717) is 0 Å². The first kappa shape index (κ1) is 24.4. The van der Waals surface area contributed by atoms with Gasteiger partial charge in [0.05, 0.1) is 6.67 Å². The summed E-state index contributed by atoms with van der Waals surface area (Å²) in [5.74, 6) is 0.928. The van der Waals surface area contributed by atoms with Gasteiger partial charge in [0.25, 0.3) is 0 Å². The summed E-state index contributed by atoms with van der Waals surface area (Å²) in [6.45, 7) is 7.12. The normalized spacial score (nSPS) is 19.9. The quantitative estimate of drug-likeness (QED) is 0.377. The maximum atomic E-state index is 14.1. The van der Waals surface area contributed by atoms with Crippen LogP contribution >= 0.6 is 0 Å². The number of fused-ring (bicyclic) bond motifs is 1. The van der Waals surface area contributed by atoms with Crippen LogP contribution in [-0.2, 0) is 12.8 Å². The topological polar surface area (TPSA) is 6.48 Å². The molecular formula is C26H41F3N2. The summed E-state index contributed by atoms with van der Waals surface area (Å²) in [5, 5.41) is 0. The zero-order valence-corrected chi connectivity index (χ0v) is 19.3. The minimum atomic E-state index is -1.72. The van der Waals surface area contributed by atoms with Gasteiger partial charge in [0.2, 0.25) is 0 Å². The van der Waals surface area contributed by atoms with Crippen molar-refractivity contribution in [2.24, 2.45) is 5.92 Å². The lowest BCUT2D eigenvalue weighted by atomic mass is 9.91. The maximum Gasteiger partial charge on any atom is 0.135 e. The SMILES string of the molecule is CCCCC1CCN(CCCN2CCCc3ccc(CC(F)C(F)CCF)cc32)CC1. The summed E-state index contributed by atoms with van der Waals surface area (Å²) >= 11 is 0. The van der Waals surface area contributed by atoms with Crippen molar-refractivity contribution in [1.82, 2.24) is 4.90 Å². The van der Waals surface area contributed by atoms with Gasteiger partial charge in [-0.15, -0.1) is 0 Å². The van der Waals surface area contributed by atoms with Gasteiger partial charge in [-0.1, -0.05) is 38.3 Å². The van der Waals surface area contributed by atoms with Crippen LogP contribution in [0.3, 0.4) is 0 Å². The van der Waals surface area contributed by atoms with Crippen LogP contribution in [-0.4, -0.2) is 56.6 Å². The predicted octanol–water partition coefficient (Wildman–Crippen LogP) is 6.31. The molecule has 0 N–H and O–H groups in total. The van der Waals surface area contributed by atoms with Gasteiger partial charge in [-0.05, 0) is 74.8 Å².